The predicted octanol–water partition coefficient (Wildman–Crippen LogP) is 2.04. The highest BCUT2D eigenvalue weighted by Crippen LogP contribution is 2.27. The molecule has 1 atom stereocenters. The van der Waals surface area contributed by atoms with Crippen molar-refractivity contribution in [2.45, 2.75) is 12.3 Å². The van der Waals surface area contributed by atoms with Gasteiger partial charge in [0.2, 0.25) is 12.2 Å². The van der Waals surface area contributed by atoms with Crippen molar-refractivity contribution >= 4 is 5.69 Å². The molecule has 0 radical (unpaired) electrons. The Bertz CT molecular complexity index is 398. The first-order chi connectivity index (χ1) is 7.47. The number of rotatable bonds is 4. The Labute approximate surface area is 89.0 Å². The van der Waals surface area contributed by atoms with Gasteiger partial charge in [0.25, 0.3) is 0 Å². The smallest absolute Gasteiger partial charge is 0.305 e. The maximum absolute atomic E-state index is 12.9. The van der Waals surface area contributed by atoms with Crippen molar-refractivity contribution in [3.05, 3.63) is 39.7 Å². The number of benzene rings is 1. The zero-order valence-electron chi connectivity index (χ0n) is 8.07. The molecule has 0 fully saturated rings. The number of nitrogens with zero attached hydrogens (tertiary/aromatic N) is 1. The van der Waals surface area contributed by atoms with Gasteiger partial charge in [-0.25, -0.2) is 8.78 Å². The van der Waals surface area contributed by atoms with E-state index in [-0.39, 0.29) is 12.1 Å². The van der Waals surface area contributed by atoms with E-state index in [1.807, 2.05) is 0 Å². The lowest BCUT2D eigenvalue weighted by molar-refractivity contribution is -0.387. The second-order valence-electron chi connectivity index (χ2n) is 3.14. The third-order valence-corrected chi connectivity index (χ3v) is 2.15. The van der Waals surface area contributed by atoms with Crippen LogP contribution in [-0.4, -0.2) is 17.9 Å². The van der Waals surface area contributed by atoms with Crippen LogP contribution in [0, 0.1) is 15.9 Å². The Balaban J connectivity index is 3.15. The largest absolute Gasteiger partial charge is 0.330 e. The summed E-state index contributed by atoms with van der Waals surface area (Å²) in [6.45, 7) is -0.361. The van der Waals surface area contributed by atoms with E-state index in [0.29, 0.717) is 0 Å². The van der Waals surface area contributed by atoms with Gasteiger partial charge in [-0.3, -0.25) is 10.1 Å². The molecular formula is C9H9F3N2O2. The highest BCUT2D eigenvalue weighted by atomic mass is 19.3. The second-order valence-corrected chi connectivity index (χ2v) is 3.14. The van der Waals surface area contributed by atoms with E-state index in [0.717, 1.165) is 18.2 Å². The Morgan fingerprint density at radius 1 is 1.44 bits per heavy atom. The first-order valence-corrected chi connectivity index (χ1v) is 4.39. The molecule has 88 valence electrons. The lowest BCUT2D eigenvalue weighted by atomic mass is 9.99. The van der Waals surface area contributed by atoms with Crippen LogP contribution < -0.4 is 5.73 Å². The summed E-state index contributed by atoms with van der Waals surface area (Å²) in [6, 6.07) is 2.66. The summed E-state index contributed by atoms with van der Waals surface area (Å²) in [4.78, 5) is 9.44. The molecule has 0 aliphatic carbocycles. The number of nitrogens with two attached hydrogens (primary N) is 1. The van der Waals surface area contributed by atoms with Gasteiger partial charge in [-0.15, -0.1) is 0 Å². The van der Waals surface area contributed by atoms with Crippen LogP contribution in [0.15, 0.2) is 18.2 Å². The normalized spacial score (nSPS) is 12.8. The number of hydrogen-bond donors (Lipinski definition) is 1. The quantitative estimate of drug-likeness (QED) is 0.640. The molecule has 0 amide bonds. The van der Waals surface area contributed by atoms with E-state index >= 15 is 0 Å². The molecule has 1 unspecified atom stereocenters. The first-order valence-electron chi connectivity index (χ1n) is 4.39. The van der Waals surface area contributed by atoms with E-state index in [4.69, 9.17) is 5.73 Å². The highest BCUT2D eigenvalue weighted by Gasteiger charge is 2.24. The van der Waals surface area contributed by atoms with Crippen LogP contribution in [0.3, 0.4) is 0 Å². The Hall–Kier alpha value is -1.63. The summed E-state index contributed by atoms with van der Waals surface area (Å²) >= 11 is 0. The summed E-state index contributed by atoms with van der Waals surface area (Å²) in [5, 5.41) is 10.4. The molecule has 0 spiro atoms. The van der Waals surface area contributed by atoms with Crippen molar-refractivity contribution < 1.29 is 18.1 Å². The van der Waals surface area contributed by atoms with Gasteiger partial charge >= 0.3 is 5.69 Å². The molecule has 4 nitrogen and oxygen atoms in total. The highest BCUT2D eigenvalue weighted by molar-refractivity contribution is 5.38. The van der Waals surface area contributed by atoms with Crippen LogP contribution in [0.1, 0.15) is 11.5 Å². The molecule has 16 heavy (non-hydrogen) atoms. The molecule has 0 saturated heterocycles. The molecule has 1 rings (SSSR count). The van der Waals surface area contributed by atoms with Crippen LogP contribution >= 0.6 is 0 Å². The number of halogens is 3. The summed E-state index contributed by atoms with van der Waals surface area (Å²) < 4.78 is 37.9. The fourth-order valence-electron chi connectivity index (χ4n) is 1.28. The molecule has 0 saturated carbocycles. The summed E-state index contributed by atoms with van der Waals surface area (Å²) in [6.07, 6.45) is -2.74. The molecule has 0 aliphatic heterocycles. The van der Waals surface area contributed by atoms with Gasteiger partial charge < -0.3 is 5.73 Å². The zero-order valence-corrected chi connectivity index (χ0v) is 8.07. The van der Waals surface area contributed by atoms with Crippen molar-refractivity contribution in [1.82, 2.24) is 0 Å². The molecule has 0 aromatic heterocycles. The standard InChI is InChI=1S/C9H9F3N2O2/c10-7-2-1-5(3-8(7)14(15)16)6(4-13)9(11)12/h1-3,6,9H,4,13H2. The van der Waals surface area contributed by atoms with Crippen molar-refractivity contribution in [1.29, 1.82) is 0 Å². The number of nitro benzene ring substituents is 1. The Kier molecular flexibility index (Phi) is 3.83. The minimum Gasteiger partial charge on any atom is -0.330 e. The fourth-order valence-corrected chi connectivity index (χ4v) is 1.28. The van der Waals surface area contributed by atoms with E-state index in [1.165, 1.54) is 0 Å². The van der Waals surface area contributed by atoms with Crippen LogP contribution in [0.25, 0.3) is 0 Å². The van der Waals surface area contributed by atoms with Gasteiger partial charge in [-0.1, -0.05) is 6.07 Å². The third-order valence-electron chi connectivity index (χ3n) is 2.15. The summed E-state index contributed by atoms with van der Waals surface area (Å²) in [7, 11) is 0. The van der Waals surface area contributed by atoms with Crippen molar-refractivity contribution in [3.63, 3.8) is 0 Å². The van der Waals surface area contributed by atoms with Gasteiger partial charge in [0.15, 0.2) is 0 Å². The van der Waals surface area contributed by atoms with Gasteiger partial charge in [0, 0.05) is 12.6 Å². The molecule has 1 aromatic rings. The molecular weight excluding hydrogens is 225 g/mol. The van der Waals surface area contributed by atoms with Gasteiger partial charge in [-0.05, 0) is 11.6 Å². The van der Waals surface area contributed by atoms with Crippen molar-refractivity contribution in [3.8, 4) is 0 Å². The third kappa shape index (κ3) is 2.48. The first kappa shape index (κ1) is 12.4. The van der Waals surface area contributed by atoms with Gasteiger partial charge in [0.1, 0.15) is 0 Å². The van der Waals surface area contributed by atoms with Crippen molar-refractivity contribution in [2.24, 2.45) is 5.73 Å². The van der Waals surface area contributed by atoms with Crippen LogP contribution in [0.5, 0.6) is 0 Å². The SMILES string of the molecule is NCC(c1ccc(F)c([N+](=O)[O-])c1)C(F)F. The molecule has 2 N–H and O–H groups in total. The fraction of sp³-hybridized carbons (Fsp3) is 0.333. The molecule has 0 bridgehead atoms. The van der Waals surface area contributed by atoms with E-state index in [9.17, 15) is 23.3 Å². The molecule has 0 aliphatic rings. The van der Waals surface area contributed by atoms with Crippen LogP contribution in [0.4, 0.5) is 18.9 Å². The minimum absolute atomic E-state index is 0.0365. The molecule has 0 heterocycles. The lowest BCUT2D eigenvalue weighted by Crippen LogP contribution is -2.19. The Morgan fingerprint density at radius 2 is 2.06 bits per heavy atom. The monoisotopic (exact) mass is 234 g/mol. The average Bonchev–Trinajstić information content (AvgIpc) is 2.20. The van der Waals surface area contributed by atoms with E-state index < -0.39 is 28.8 Å². The average molecular weight is 234 g/mol. The van der Waals surface area contributed by atoms with Gasteiger partial charge in [-0.2, -0.15) is 4.39 Å². The van der Waals surface area contributed by atoms with Crippen molar-refractivity contribution in [2.75, 3.05) is 6.54 Å². The van der Waals surface area contributed by atoms with E-state index in [1.54, 1.807) is 0 Å². The number of hydrogen-bond acceptors (Lipinski definition) is 3. The summed E-state index contributed by atoms with van der Waals surface area (Å²) in [5.74, 6) is -2.38. The lowest BCUT2D eigenvalue weighted by Gasteiger charge is -2.13. The number of alkyl halides is 2. The summed E-state index contributed by atoms with van der Waals surface area (Å²) in [5.41, 5.74) is 4.27. The predicted molar refractivity (Wildman–Crippen MR) is 50.9 cm³/mol. The minimum atomic E-state index is -2.74. The molecule has 7 heteroatoms. The topological polar surface area (TPSA) is 69.2 Å². The molecule has 1 aromatic carbocycles. The van der Waals surface area contributed by atoms with Crippen LogP contribution in [-0.2, 0) is 0 Å². The number of nitro groups is 1. The van der Waals surface area contributed by atoms with E-state index in [2.05, 4.69) is 0 Å². The zero-order chi connectivity index (χ0) is 12.3. The van der Waals surface area contributed by atoms with Gasteiger partial charge in [0.05, 0.1) is 10.8 Å². The Morgan fingerprint density at radius 3 is 2.50 bits per heavy atom. The maximum Gasteiger partial charge on any atom is 0.305 e. The van der Waals surface area contributed by atoms with Crippen LogP contribution in [0.2, 0.25) is 0 Å². The maximum atomic E-state index is 12.9. The second kappa shape index (κ2) is 4.93.